The first kappa shape index (κ1) is 34.3. The summed E-state index contributed by atoms with van der Waals surface area (Å²) in [6, 6.07) is 2.53. The zero-order chi connectivity index (χ0) is 35.7. The molecule has 17 heteroatoms. The molecule has 1 amide bonds. The second-order valence-corrected chi connectivity index (χ2v) is 14.6. The minimum atomic E-state index is -4.98. The highest BCUT2D eigenvalue weighted by Crippen LogP contribution is 2.46. The molecule has 1 aromatic carbocycles. The highest BCUT2D eigenvalue weighted by atomic mass is 35.5. The topological polar surface area (TPSA) is 115 Å². The number of fused-ring (bicyclic) bond motifs is 3. The number of rotatable bonds is 6. The van der Waals surface area contributed by atoms with Crippen LogP contribution in [0.4, 0.5) is 33.5 Å². The van der Waals surface area contributed by atoms with Crippen LogP contribution in [0, 0.1) is 5.82 Å². The van der Waals surface area contributed by atoms with Crippen LogP contribution in [-0.2, 0) is 37.0 Å². The number of hydrogen-bond donors (Lipinski definition) is 1. The van der Waals surface area contributed by atoms with E-state index in [9.17, 15) is 22.4 Å². The van der Waals surface area contributed by atoms with Crippen molar-refractivity contribution < 1.29 is 36.2 Å². The van der Waals surface area contributed by atoms with Gasteiger partial charge in [0.15, 0.2) is 11.5 Å². The minimum Gasteiger partial charge on any atom is -0.461 e. The van der Waals surface area contributed by atoms with Crippen molar-refractivity contribution in [2.45, 2.75) is 88.6 Å². The highest BCUT2D eigenvalue weighted by molar-refractivity contribution is 6.31. The quantitative estimate of drug-likeness (QED) is 0.260. The van der Waals surface area contributed by atoms with E-state index in [1.165, 1.54) is 0 Å². The molecule has 2 aromatic heterocycles. The van der Waals surface area contributed by atoms with E-state index in [0.29, 0.717) is 74.9 Å². The molecule has 2 N–H and O–H groups in total. The van der Waals surface area contributed by atoms with E-state index in [4.69, 9.17) is 31.8 Å². The molecule has 3 aromatic rings. The monoisotopic (exact) mass is 736 g/mol. The van der Waals surface area contributed by atoms with Gasteiger partial charge in [0.2, 0.25) is 0 Å². The molecule has 0 unspecified atom stereocenters. The van der Waals surface area contributed by atoms with Gasteiger partial charge in [0, 0.05) is 56.7 Å². The summed E-state index contributed by atoms with van der Waals surface area (Å²) >= 11 is 6.00. The number of anilines is 2. The molecule has 0 aliphatic carbocycles. The molecule has 3 saturated heterocycles. The molecule has 0 bridgehead atoms. The van der Waals surface area contributed by atoms with Crippen molar-refractivity contribution in [3.8, 4) is 6.01 Å². The van der Waals surface area contributed by atoms with E-state index in [0.717, 1.165) is 44.0 Å². The van der Waals surface area contributed by atoms with Crippen LogP contribution in [0.2, 0.25) is 5.02 Å². The van der Waals surface area contributed by atoms with Crippen molar-refractivity contribution in [2.24, 2.45) is 0 Å². The molecular formula is C34H38ClF5N8O3. The first-order chi connectivity index (χ1) is 24.4. The number of carbonyl (C=O) groups is 1. The summed E-state index contributed by atoms with van der Waals surface area (Å²) in [5, 5.41) is 3.89. The van der Waals surface area contributed by atoms with Gasteiger partial charge in [-0.25, -0.2) is 8.78 Å². The summed E-state index contributed by atoms with van der Waals surface area (Å²) in [6.45, 7) is 3.82. The van der Waals surface area contributed by atoms with Crippen molar-refractivity contribution in [1.29, 1.82) is 0 Å². The maximum absolute atomic E-state index is 15.5. The molecular weight excluding hydrogens is 699 g/mol. The van der Waals surface area contributed by atoms with Crippen molar-refractivity contribution in [3.05, 3.63) is 56.7 Å². The molecule has 0 spiro atoms. The number of amides is 1. The van der Waals surface area contributed by atoms with Crippen LogP contribution in [0.15, 0.2) is 12.1 Å². The van der Waals surface area contributed by atoms with Gasteiger partial charge in [0.1, 0.15) is 18.6 Å². The highest BCUT2D eigenvalue weighted by Gasteiger charge is 2.49. The molecule has 3 atom stereocenters. The van der Waals surface area contributed by atoms with Crippen LogP contribution >= 0.6 is 11.6 Å². The Balaban J connectivity index is 1.15. The van der Waals surface area contributed by atoms with Crippen LogP contribution in [0.25, 0.3) is 0 Å². The number of hydrogen-bond acceptors (Lipinski definition) is 9. The average Bonchev–Trinajstić information content (AvgIpc) is 3.87. The molecule has 0 saturated carbocycles. The number of aryl methyl sites for hydroxylation is 1. The Hall–Kier alpha value is -3.76. The zero-order valence-electron chi connectivity index (χ0n) is 27.8. The maximum atomic E-state index is 15.5. The Morgan fingerprint density at radius 2 is 1.90 bits per heavy atom. The van der Waals surface area contributed by atoms with Crippen molar-refractivity contribution in [2.75, 3.05) is 50.0 Å². The zero-order valence-corrected chi connectivity index (χ0v) is 28.6. The number of ether oxygens (including phenoxy) is 2. The number of benzene rings is 1. The number of alkyl halides is 4. The van der Waals surface area contributed by atoms with Crippen molar-refractivity contribution in [1.82, 2.24) is 29.5 Å². The Morgan fingerprint density at radius 3 is 2.69 bits per heavy atom. The third-order valence-corrected chi connectivity index (χ3v) is 11.2. The van der Waals surface area contributed by atoms with E-state index in [2.05, 4.69) is 15.0 Å². The third kappa shape index (κ3) is 6.26. The van der Waals surface area contributed by atoms with E-state index in [-0.39, 0.29) is 31.6 Å². The molecule has 274 valence electrons. The number of nitrogen functional groups attached to an aromatic ring is 1. The number of nitrogens with zero attached hydrogens (tertiary/aromatic N) is 7. The Labute approximate surface area is 295 Å². The molecule has 5 aliphatic rings. The minimum absolute atomic E-state index is 0.0160. The number of likely N-dealkylation sites (tertiary alicyclic amines) is 1. The number of aromatic nitrogens is 4. The summed E-state index contributed by atoms with van der Waals surface area (Å²) in [5.74, 6) is -0.911. The normalized spacial score (nSPS) is 25.1. The average molecular weight is 737 g/mol. The van der Waals surface area contributed by atoms with Gasteiger partial charge in [-0.15, -0.1) is 0 Å². The van der Waals surface area contributed by atoms with Gasteiger partial charge in [0.05, 0.1) is 52.5 Å². The van der Waals surface area contributed by atoms with Crippen molar-refractivity contribution in [3.63, 3.8) is 0 Å². The fourth-order valence-corrected chi connectivity index (χ4v) is 8.80. The van der Waals surface area contributed by atoms with Gasteiger partial charge in [-0.3, -0.25) is 14.4 Å². The Kier molecular flexibility index (Phi) is 8.77. The van der Waals surface area contributed by atoms with E-state index in [1.807, 2.05) is 9.58 Å². The van der Waals surface area contributed by atoms with Crippen LogP contribution < -0.4 is 15.4 Å². The lowest BCUT2D eigenvalue weighted by molar-refractivity contribution is -0.140. The predicted molar refractivity (Wildman–Crippen MR) is 176 cm³/mol. The summed E-state index contributed by atoms with van der Waals surface area (Å²) in [5.41, 5.74) is 4.61. The predicted octanol–water partition coefficient (Wildman–Crippen LogP) is 5.48. The molecule has 3 fully saturated rings. The summed E-state index contributed by atoms with van der Waals surface area (Å²) < 4.78 is 86.9. The fraction of sp³-hybridized carbons (Fsp3) is 0.588. The molecule has 0 radical (unpaired) electrons. The van der Waals surface area contributed by atoms with Crippen LogP contribution in [0.1, 0.15) is 83.2 Å². The van der Waals surface area contributed by atoms with Crippen LogP contribution in [0.3, 0.4) is 0 Å². The maximum Gasteiger partial charge on any atom is 0.418 e. The molecule has 8 rings (SSSR count). The number of carbonyl (C=O) groups excluding carboxylic acids is 1. The van der Waals surface area contributed by atoms with Crippen LogP contribution in [0.5, 0.6) is 6.01 Å². The Bertz CT molecular complexity index is 1850. The number of halogens is 6. The third-order valence-electron chi connectivity index (χ3n) is 10.9. The summed E-state index contributed by atoms with van der Waals surface area (Å²) in [7, 11) is 0. The second-order valence-electron chi connectivity index (χ2n) is 14.2. The van der Waals surface area contributed by atoms with Gasteiger partial charge >= 0.3 is 12.2 Å². The largest absolute Gasteiger partial charge is 0.461 e. The smallest absolute Gasteiger partial charge is 0.418 e. The Morgan fingerprint density at radius 1 is 1.10 bits per heavy atom. The summed E-state index contributed by atoms with van der Waals surface area (Å²) in [6.07, 6.45) is -3.06. The van der Waals surface area contributed by atoms with Gasteiger partial charge in [-0.2, -0.15) is 28.2 Å². The first-order valence-electron chi connectivity index (χ1n) is 17.4. The SMILES string of the molecule is Nc1cc(Cl)c(C(F)(F)F)c([C@H]2Cc3nc(OC[C@@]45CCCN4C[C@H](F)C5)nc(N4CCCn5nc(C(=O)N6CCCC6)cc5C4)c3CO2)c1F. The first-order valence-corrected chi connectivity index (χ1v) is 17.8. The second kappa shape index (κ2) is 13.0. The van der Waals surface area contributed by atoms with Gasteiger partial charge < -0.3 is 25.0 Å². The number of nitrogens with two attached hydrogens (primary N) is 1. The van der Waals surface area contributed by atoms with Gasteiger partial charge in [-0.05, 0) is 50.8 Å². The molecule has 7 heterocycles. The summed E-state index contributed by atoms with van der Waals surface area (Å²) in [4.78, 5) is 28.5. The van der Waals surface area contributed by atoms with Gasteiger partial charge in [-0.1, -0.05) is 11.6 Å². The van der Waals surface area contributed by atoms with Crippen LogP contribution in [-0.4, -0.2) is 86.5 Å². The molecule has 51 heavy (non-hydrogen) atoms. The lowest BCUT2D eigenvalue weighted by Gasteiger charge is -2.33. The van der Waals surface area contributed by atoms with Crippen molar-refractivity contribution >= 4 is 29.0 Å². The fourth-order valence-electron chi connectivity index (χ4n) is 8.48. The molecule has 11 nitrogen and oxygen atoms in total. The van der Waals surface area contributed by atoms with Gasteiger partial charge in [0.25, 0.3) is 5.91 Å². The van der Waals surface area contributed by atoms with E-state index >= 15 is 4.39 Å². The lowest BCUT2D eigenvalue weighted by atomic mass is 9.93. The standard InChI is InChI=1S/C34H38ClF5N8O3/c35-22-12-23(41)29(37)27(28(22)34(38,39)40)26-13-24-21(17-50-26)30(43-32(42-24)51-18-33-5-3-9-47(33)15-19(36)14-33)46-8-4-10-48-20(16-46)11-25(44-48)31(49)45-6-1-2-7-45/h11-12,19,26H,1-10,13-18,41H2/t19-,26-,33+/m1/s1. The van der Waals surface area contributed by atoms with E-state index in [1.54, 1.807) is 11.0 Å². The molecule has 5 aliphatic heterocycles. The lowest BCUT2D eigenvalue weighted by Crippen LogP contribution is -2.43. The van der Waals surface area contributed by atoms with E-state index < -0.39 is 51.6 Å².